The van der Waals surface area contributed by atoms with Gasteiger partial charge >= 0.3 is 0 Å². The first kappa shape index (κ1) is 7.84. The summed E-state index contributed by atoms with van der Waals surface area (Å²) in [5.74, 6) is 0.858. The van der Waals surface area contributed by atoms with Gasteiger partial charge in [-0.05, 0) is 24.7 Å². The summed E-state index contributed by atoms with van der Waals surface area (Å²) in [6, 6.07) is 0. The fraction of sp³-hybridized carbons (Fsp3) is 0.800. The van der Waals surface area contributed by atoms with E-state index in [9.17, 15) is 0 Å². The summed E-state index contributed by atoms with van der Waals surface area (Å²) in [7, 11) is 0. The summed E-state index contributed by atoms with van der Waals surface area (Å²) in [5, 5.41) is 0. The predicted octanol–water partition coefficient (Wildman–Crippen LogP) is 3.39. The van der Waals surface area contributed by atoms with E-state index in [1.807, 2.05) is 0 Å². The van der Waals surface area contributed by atoms with Crippen molar-refractivity contribution in [1.29, 1.82) is 0 Å². The van der Waals surface area contributed by atoms with Gasteiger partial charge in [0.2, 0.25) is 0 Å². The van der Waals surface area contributed by atoms with Gasteiger partial charge in [0, 0.05) is 0 Å². The molecule has 1 aliphatic carbocycles. The Morgan fingerprint density at radius 3 is 2.50 bits per heavy atom. The highest BCUT2D eigenvalue weighted by molar-refractivity contribution is 5.21. The van der Waals surface area contributed by atoms with Crippen LogP contribution in [0, 0.1) is 11.3 Å². The van der Waals surface area contributed by atoms with Gasteiger partial charge in [0.25, 0.3) is 0 Å². The summed E-state index contributed by atoms with van der Waals surface area (Å²) in [4.78, 5) is 0. The van der Waals surface area contributed by atoms with Crippen molar-refractivity contribution >= 4 is 0 Å². The molecule has 0 saturated heterocycles. The average molecular weight is 138 g/mol. The third-order valence-electron chi connectivity index (χ3n) is 2.97. The molecule has 10 heavy (non-hydrogen) atoms. The van der Waals surface area contributed by atoms with Gasteiger partial charge in [0.1, 0.15) is 0 Å². The lowest BCUT2D eigenvalue weighted by molar-refractivity contribution is 0.234. The molecule has 2 atom stereocenters. The minimum absolute atomic E-state index is 0.541. The van der Waals surface area contributed by atoms with Crippen LogP contribution < -0.4 is 0 Å². The van der Waals surface area contributed by atoms with Crippen LogP contribution >= 0.6 is 0 Å². The highest BCUT2D eigenvalue weighted by Gasteiger charge is 2.33. The number of hydrogen-bond acceptors (Lipinski definition) is 0. The van der Waals surface area contributed by atoms with Crippen molar-refractivity contribution < 1.29 is 0 Å². The molecule has 0 amide bonds. The Morgan fingerprint density at radius 2 is 2.20 bits per heavy atom. The number of rotatable bonds is 2. The summed E-state index contributed by atoms with van der Waals surface area (Å²) in [6.45, 7) is 9.22. The van der Waals surface area contributed by atoms with Crippen LogP contribution in [0.4, 0.5) is 0 Å². The van der Waals surface area contributed by atoms with E-state index in [2.05, 4.69) is 33.8 Å². The molecule has 1 aliphatic rings. The van der Waals surface area contributed by atoms with Gasteiger partial charge in [-0.15, -0.1) is 0 Å². The Bertz CT molecular complexity index is 155. The lowest BCUT2D eigenvalue weighted by atomic mass is 9.65. The molecule has 0 nitrogen and oxygen atoms in total. The Labute approximate surface area is 64.3 Å². The highest BCUT2D eigenvalue weighted by atomic mass is 14.4. The molecule has 0 heterocycles. The van der Waals surface area contributed by atoms with Crippen LogP contribution in [0.25, 0.3) is 0 Å². The third-order valence-corrected chi connectivity index (χ3v) is 2.97. The highest BCUT2D eigenvalue weighted by Crippen LogP contribution is 2.45. The normalized spacial score (nSPS) is 34.6. The van der Waals surface area contributed by atoms with Gasteiger partial charge in [-0.25, -0.2) is 0 Å². The van der Waals surface area contributed by atoms with Gasteiger partial charge in [0.15, 0.2) is 0 Å². The van der Waals surface area contributed by atoms with Gasteiger partial charge < -0.3 is 0 Å². The molecule has 58 valence electrons. The van der Waals surface area contributed by atoms with Gasteiger partial charge in [-0.3, -0.25) is 0 Å². The second-order valence-electron chi connectivity index (χ2n) is 3.98. The summed E-state index contributed by atoms with van der Waals surface area (Å²) >= 11 is 0. The van der Waals surface area contributed by atoms with Crippen LogP contribution in [0.15, 0.2) is 11.6 Å². The van der Waals surface area contributed by atoms with E-state index >= 15 is 0 Å². The molecule has 0 fully saturated rings. The molecule has 2 unspecified atom stereocenters. The predicted molar refractivity (Wildman–Crippen MR) is 45.9 cm³/mol. The maximum absolute atomic E-state index is 2.43. The molecule has 1 rings (SSSR count). The van der Waals surface area contributed by atoms with Crippen LogP contribution in [-0.2, 0) is 0 Å². The zero-order valence-corrected chi connectivity index (χ0v) is 7.57. The summed E-state index contributed by atoms with van der Waals surface area (Å²) in [6.07, 6.45) is 5.06. The SMILES string of the molecule is CCC(C)C1(C)C=C(C)C1. The van der Waals surface area contributed by atoms with E-state index < -0.39 is 0 Å². The molecular weight excluding hydrogens is 120 g/mol. The maximum atomic E-state index is 2.43. The first-order valence-electron chi connectivity index (χ1n) is 4.27. The van der Waals surface area contributed by atoms with Crippen LogP contribution in [0.3, 0.4) is 0 Å². The van der Waals surface area contributed by atoms with Crippen LogP contribution in [-0.4, -0.2) is 0 Å². The van der Waals surface area contributed by atoms with Gasteiger partial charge in [-0.1, -0.05) is 38.8 Å². The molecule has 0 heteroatoms. The van der Waals surface area contributed by atoms with Crippen LogP contribution in [0.1, 0.15) is 40.5 Å². The summed E-state index contributed by atoms with van der Waals surface area (Å²) < 4.78 is 0. The molecule has 0 radical (unpaired) electrons. The fourth-order valence-electron chi connectivity index (χ4n) is 1.92. The molecular formula is C10H18. The zero-order valence-electron chi connectivity index (χ0n) is 7.57. The Morgan fingerprint density at radius 1 is 1.70 bits per heavy atom. The van der Waals surface area contributed by atoms with Gasteiger partial charge in [0.05, 0.1) is 0 Å². The van der Waals surface area contributed by atoms with Crippen molar-refractivity contribution in [3.63, 3.8) is 0 Å². The van der Waals surface area contributed by atoms with E-state index in [-0.39, 0.29) is 0 Å². The first-order valence-corrected chi connectivity index (χ1v) is 4.27. The number of allylic oxidation sites excluding steroid dienone is 2. The second kappa shape index (κ2) is 2.41. The van der Waals surface area contributed by atoms with Crippen LogP contribution in [0.5, 0.6) is 0 Å². The third kappa shape index (κ3) is 1.12. The molecule has 0 aliphatic heterocycles. The van der Waals surface area contributed by atoms with Crippen molar-refractivity contribution in [1.82, 2.24) is 0 Å². The molecule has 0 saturated carbocycles. The lowest BCUT2D eigenvalue weighted by Gasteiger charge is -2.40. The molecule has 0 bridgehead atoms. The summed E-state index contributed by atoms with van der Waals surface area (Å²) in [5.41, 5.74) is 2.11. The van der Waals surface area contributed by atoms with E-state index in [1.54, 1.807) is 5.57 Å². The fourth-order valence-corrected chi connectivity index (χ4v) is 1.92. The molecule has 0 aromatic carbocycles. The Balaban J connectivity index is 2.57. The van der Waals surface area contributed by atoms with E-state index in [0.29, 0.717) is 5.41 Å². The largest absolute Gasteiger partial charge is 0.0790 e. The monoisotopic (exact) mass is 138 g/mol. The lowest BCUT2D eigenvalue weighted by Crippen LogP contribution is -2.29. The quantitative estimate of drug-likeness (QED) is 0.513. The molecule has 0 spiro atoms. The smallest absolute Gasteiger partial charge is 0.00814 e. The second-order valence-corrected chi connectivity index (χ2v) is 3.98. The Hall–Kier alpha value is -0.260. The van der Waals surface area contributed by atoms with Crippen molar-refractivity contribution in [2.24, 2.45) is 11.3 Å². The van der Waals surface area contributed by atoms with Crippen molar-refractivity contribution in [2.75, 3.05) is 0 Å². The first-order chi connectivity index (χ1) is 4.58. The van der Waals surface area contributed by atoms with E-state index in [4.69, 9.17) is 0 Å². The maximum Gasteiger partial charge on any atom is -0.00814 e. The standard InChI is InChI=1S/C10H18/c1-5-9(3)10(4)6-8(2)7-10/h6,9H,5,7H2,1-4H3. The van der Waals surface area contributed by atoms with E-state index in [0.717, 1.165) is 5.92 Å². The van der Waals surface area contributed by atoms with Crippen LogP contribution in [0.2, 0.25) is 0 Å². The topological polar surface area (TPSA) is 0 Å². The minimum Gasteiger partial charge on any atom is -0.0790 e. The molecule has 0 aromatic heterocycles. The number of hydrogen-bond donors (Lipinski definition) is 0. The van der Waals surface area contributed by atoms with E-state index in [1.165, 1.54) is 12.8 Å². The van der Waals surface area contributed by atoms with Crippen molar-refractivity contribution in [3.8, 4) is 0 Å². The molecule has 0 N–H and O–H groups in total. The van der Waals surface area contributed by atoms with Crippen molar-refractivity contribution in [2.45, 2.75) is 40.5 Å². The minimum atomic E-state index is 0.541. The van der Waals surface area contributed by atoms with Crippen molar-refractivity contribution in [3.05, 3.63) is 11.6 Å². The zero-order chi connectivity index (χ0) is 7.78. The molecule has 0 aromatic rings. The Kier molecular flexibility index (Phi) is 1.89. The average Bonchev–Trinajstić information content (AvgIpc) is 1.83. The van der Waals surface area contributed by atoms with Gasteiger partial charge in [-0.2, -0.15) is 0 Å².